The van der Waals surface area contributed by atoms with Crippen LogP contribution in [0.4, 0.5) is 11.6 Å². The van der Waals surface area contributed by atoms with Crippen LogP contribution in [0.25, 0.3) is 0 Å². The Kier molecular flexibility index (Phi) is 5.27. The van der Waals surface area contributed by atoms with Gasteiger partial charge in [-0.3, -0.25) is 0 Å². The first-order valence-corrected chi connectivity index (χ1v) is 5.71. The number of aromatic nitrogens is 1. The van der Waals surface area contributed by atoms with Crippen molar-refractivity contribution in [1.29, 1.82) is 0 Å². The van der Waals surface area contributed by atoms with E-state index in [0.29, 0.717) is 22.4 Å². The van der Waals surface area contributed by atoms with Gasteiger partial charge in [0.05, 0.1) is 22.8 Å². The van der Waals surface area contributed by atoms with Crippen LogP contribution in [0.5, 0.6) is 0 Å². The number of rotatable bonds is 5. The Balaban J connectivity index is 2.81. The van der Waals surface area contributed by atoms with Gasteiger partial charge in [0.1, 0.15) is 11.6 Å². The SMILES string of the molecule is COCC(O)CN(C)c1nc(N)c(Cl)cc1Cl. The fourth-order valence-corrected chi connectivity index (χ4v) is 1.89. The van der Waals surface area contributed by atoms with Crippen molar-refractivity contribution in [1.82, 2.24) is 4.98 Å². The van der Waals surface area contributed by atoms with E-state index in [1.807, 2.05) is 0 Å². The number of likely N-dealkylation sites (N-methyl/N-ethyl adjacent to an activating group) is 1. The van der Waals surface area contributed by atoms with Gasteiger partial charge < -0.3 is 20.5 Å². The third-order valence-corrected chi connectivity index (χ3v) is 2.72. The van der Waals surface area contributed by atoms with Crippen molar-refractivity contribution in [3.8, 4) is 0 Å². The molecule has 7 heteroatoms. The van der Waals surface area contributed by atoms with Gasteiger partial charge >= 0.3 is 0 Å². The first kappa shape index (κ1) is 14.3. The Morgan fingerprint density at radius 1 is 1.53 bits per heavy atom. The minimum atomic E-state index is -0.625. The lowest BCUT2D eigenvalue weighted by atomic mass is 10.3. The summed E-state index contributed by atoms with van der Waals surface area (Å²) in [6.45, 7) is 0.576. The van der Waals surface area contributed by atoms with Crippen LogP contribution in [0.2, 0.25) is 10.0 Å². The summed E-state index contributed by atoms with van der Waals surface area (Å²) in [6.07, 6.45) is -0.625. The number of aliphatic hydroxyl groups is 1. The number of aliphatic hydroxyl groups excluding tert-OH is 1. The summed E-state index contributed by atoms with van der Waals surface area (Å²) in [5.74, 6) is 0.683. The second-order valence-electron chi connectivity index (χ2n) is 3.65. The first-order chi connectivity index (χ1) is 7.95. The summed E-state index contributed by atoms with van der Waals surface area (Å²) in [5, 5.41) is 10.3. The van der Waals surface area contributed by atoms with Gasteiger partial charge in [-0.05, 0) is 6.07 Å². The molecule has 96 valence electrons. The number of halogens is 2. The monoisotopic (exact) mass is 279 g/mol. The summed E-state index contributed by atoms with van der Waals surface area (Å²) in [7, 11) is 3.27. The molecule has 0 radical (unpaired) electrons. The van der Waals surface area contributed by atoms with Crippen LogP contribution in [-0.2, 0) is 4.74 Å². The van der Waals surface area contributed by atoms with Crippen LogP contribution in [0.3, 0.4) is 0 Å². The Labute approximate surface area is 110 Å². The molecule has 0 bridgehead atoms. The van der Waals surface area contributed by atoms with Crippen molar-refractivity contribution in [3.63, 3.8) is 0 Å². The smallest absolute Gasteiger partial charge is 0.149 e. The molecule has 0 fully saturated rings. The number of ether oxygens (including phenoxy) is 1. The zero-order valence-corrected chi connectivity index (χ0v) is 11.2. The van der Waals surface area contributed by atoms with Crippen molar-refractivity contribution < 1.29 is 9.84 Å². The Morgan fingerprint density at radius 2 is 2.18 bits per heavy atom. The van der Waals surface area contributed by atoms with Gasteiger partial charge in [0.15, 0.2) is 0 Å². The molecule has 17 heavy (non-hydrogen) atoms. The van der Waals surface area contributed by atoms with Crippen LogP contribution in [0, 0.1) is 0 Å². The van der Waals surface area contributed by atoms with Crippen molar-refractivity contribution in [2.45, 2.75) is 6.10 Å². The lowest BCUT2D eigenvalue weighted by molar-refractivity contribution is 0.0694. The molecule has 0 aliphatic heterocycles. The summed E-state index contributed by atoms with van der Waals surface area (Å²) < 4.78 is 4.84. The summed E-state index contributed by atoms with van der Waals surface area (Å²) in [6, 6.07) is 1.53. The second-order valence-corrected chi connectivity index (χ2v) is 4.46. The maximum atomic E-state index is 9.60. The maximum absolute atomic E-state index is 9.60. The molecule has 0 aliphatic carbocycles. The molecule has 1 aromatic heterocycles. The van der Waals surface area contributed by atoms with Gasteiger partial charge in [-0.2, -0.15) is 0 Å². The van der Waals surface area contributed by atoms with Crippen molar-refractivity contribution in [2.24, 2.45) is 0 Å². The highest BCUT2D eigenvalue weighted by molar-refractivity contribution is 6.37. The number of nitrogen functional groups attached to an aromatic ring is 1. The van der Waals surface area contributed by atoms with Gasteiger partial charge in [0, 0.05) is 20.7 Å². The van der Waals surface area contributed by atoms with E-state index in [2.05, 4.69) is 4.98 Å². The molecular formula is C10H15Cl2N3O2. The number of nitrogens with two attached hydrogens (primary N) is 1. The van der Waals surface area contributed by atoms with E-state index < -0.39 is 6.10 Å². The van der Waals surface area contributed by atoms with E-state index >= 15 is 0 Å². The zero-order chi connectivity index (χ0) is 13.0. The molecule has 5 nitrogen and oxygen atoms in total. The highest BCUT2D eigenvalue weighted by Gasteiger charge is 2.14. The number of pyridine rings is 1. The predicted molar refractivity (Wildman–Crippen MR) is 69.8 cm³/mol. The van der Waals surface area contributed by atoms with Crippen molar-refractivity contribution >= 4 is 34.8 Å². The lowest BCUT2D eigenvalue weighted by Crippen LogP contribution is -2.32. The third-order valence-electron chi connectivity index (χ3n) is 2.14. The van der Waals surface area contributed by atoms with Gasteiger partial charge in [-0.15, -0.1) is 0 Å². The minimum Gasteiger partial charge on any atom is -0.389 e. The van der Waals surface area contributed by atoms with Crippen molar-refractivity contribution in [2.75, 3.05) is 37.9 Å². The number of methoxy groups -OCH3 is 1. The van der Waals surface area contributed by atoms with Gasteiger partial charge in [0.25, 0.3) is 0 Å². The Bertz CT molecular complexity index is 390. The Morgan fingerprint density at radius 3 is 2.76 bits per heavy atom. The molecule has 3 N–H and O–H groups in total. The molecule has 0 amide bonds. The van der Waals surface area contributed by atoms with Gasteiger partial charge in [-0.1, -0.05) is 23.2 Å². The van der Waals surface area contributed by atoms with E-state index in [0.717, 1.165) is 0 Å². The molecule has 1 atom stereocenters. The molecule has 1 aromatic rings. The zero-order valence-electron chi connectivity index (χ0n) is 9.65. The summed E-state index contributed by atoms with van der Waals surface area (Å²) in [5.41, 5.74) is 5.60. The third kappa shape index (κ3) is 3.89. The molecule has 0 spiro atoms. The standard InChI is InChI=1S/C10H15Cl2N3O2/c1-15(4-6(16)5-17-2)10-8(12)3-7(11)9(13)14-10/h3,6,16H,4-5H2,1-2H3,(H2,13,14). The fourth-order valence-electron chi connectivity index (χ4n) is 1.39. The quantitative estimate of drug-likeness (QED) is 0.853. The fraction of sp³-hybridized carbons (Fsp3) is 0.500. The molecule has 1 heterocycles. The average molecular weight is 280 g/mol. The van der Waals surface area contributed by atoms with Crippen LogP contribution >= 0.6 is 23.2 Å². The van der Waals surface area contributed by atoms with E-state index in [1.54, 1.807) is 11.9 Å². The number of anilines is 2. The molecule has 1 rings (SSSR count). The summed E-state index contributed by atoms with van der Waals surface area (Å²) in [4.78, 5) is 5.77. The molecule has 0 saturated heterocycles. The van der Waals surface area contributed by atoms with Gasteiger partial charge in [-0.25, -0.2) is 4.98 Å². The highest BCUT2D eigenvalue weighted by atomic mass is 35.5. The normalized spacial score (nSPS) is 12.5. The maximum Gasteiger partial charge on any atom is 0.149 e. The minimum absolute atomic E-state index is 0.208. The molecule has 0 saturated carbocycles. The van der Waals surface area contributed by atoms with Crippen molar-refractivity contribution in [3.05, 3.63) is 16.1 Å². The molecular weight excluding hydrogens is 265 g/mol. The molecule has 1 unspecified atom stereocenters. The average Bonchev–Trinajstić information content (AvgIpc) is 2.23. The van der Waals surface area contributed by atoms with E-state index in [-0.39, 0.29) is 12.4 Å². The molecule has 0 aliphatic rings. The Hall–Kier alpha value is -0.750. The topological polar surface area (TPSA) is 71.6 Å². The number of nitrogens with zero attached hydrogens (tertiary/aromatic N) is 2. The number of hydrogen-bond donors (Lipinski definition) is 2. The van der Waals surface area contributed by atoms with E-state index in [9.17, 15) is 5.11 Å². The highest BCUT2D eigenvalue weighted by Crippen LogP contribution is 2.29. The lowest BCUT2D eigenvalue weighted by Gasteiger charge is -2.22. The van der Waals surface area contributed by atoms with Crippen LogP contribution in [-0.4, -0.2) is 43.5 Å². The number of hydrogen-bond acceptors (Lipinski definition) is 5. The van der Waals surface area contributed by atoms with E-state index in [4.69, 9.17) is 33.7 Å². The predicted octanol–water partition coefficient (Wildman–Crippen LogP) is 1.41. The van der Waals surface area contributed by atoms with Crippen LogP contribution in [0.15, 0.2) is 6.07 Å². The first-order valence-electron chi connectivity index (χ1n) is 4.95. The summed E-state index contributed by atoms with van der Waals surface area (Å²) >= 11 is 11.8. The molecule has 0 aromatic carbocycles. The van der Waals surface area contributed by atoms with E-state index in [1.165, 1.54) is 13.2 Å². The second kappa shape index (κ2) is 6.26. The van der Waals surface area contributed by atoms with Crippen LogP contribution < -0.4 is 10.6 Å². The largest absolute Gasteiger partial charge is 0.389 e. The van der Waals surface area contributed by atoms with Gasteiger partial charge in [0.2, 0.25) is 0 Å². The van der Waals surface area contributed by atoms with Crippen LogP contribution in [0.1, 0.15) is 0 Å².